The second-order valence-corrected chi connectivity index (χ2v) is 7.83. The zero-order valence-electron chi connectivity index (χ0n) is 16.5. The Bertz CT molecular complexity index is 1250. The zero-order valence-corrected chi connectivity index (χ0v) is 16.5. The van der Waals surface area contributed by atoms with E-state index in [-0.39, 0.29) is 6.54 Å². The van der Waals surface area contributed by atoms with Crippen LogP contribution in [0.15, 0.2) is 61.1 Å². The number of halogens is 2. The molecule has 7 heteroatoms. The molecule has 0 radical (unpaired) electrons. The summed E-state index contributed by atoms with van der Waals surface area (Å²) in [7, 11) is 0. The van der Waals surface area contributed by atoms with Gasteiger partial charge >= 0.3 is 0 Å². The quantitative estimate of drug-likeness (QED) is 0.452. The highest BCUT2D eigenvalue weighted by atomic mass is 19.3. The number of benzene rings is 1. The average molecular weight is 403 g/mol. The predicted molar refractivity (Wildman–Crippen MR) is 111 cm³/mol. The Hall–Kier alpha value is -3.66. The van der Waals surface area contributed by atoms with Crippen molar-refractivity contribution in [3.8, 4) is 28.5 Å². The second kappa shape index (κ2) is 7.64. The molecule has 0 bridgehead atoms. The predicted octanol–water partition coefficient (Wildman–Crippen LogP) is 5.32. The van der Waals surface area contributed by atoms with Crippen LogP contribution in [-0.2, 0) is 6.54 Å². The molecule has 0 saturated heterocycles. The largest absolute Gasteiger partial charge is 0.271 e. The summed E-state index contributed by atoms with van der Waals surface area (Å²) in [6.45, 7) is 3.11. The molecule has 0 aliphatic carbocycles. The fourth-order valence-corrected chi connectivity index (χ4v) is 3.26. The van der Waals surface area contributed by atoms with Gasteiger partial charge in [0.05, 0.1) is 24.0 Å². The van der Waals surface area contributed by atoms with Gasteiger partial charge in [-0.3, -0.25) is 9.67 Å². The first-order valence-corrected chi connectivity index (χ1v) is 9.45. The standard InChI is InChI=1S/C23H19F2N5/c1-23(2,22(24)25)14-30-13-17(12-28-30)19-8-7-18(11-26)29-21(19)16-6-5-15-4-3-9-27-20(15)10-16/h3-10,12-13,22H,14H2,1-2H3. The van der Waals surface area contributed by atoms with E-state index in [1.54, 1.807) is 24.7 Å². The summed E-state index contributed by atoms with van der Waals surface area (Å²) in [5, 5.41) is 14.6. The van der Waals surface area contributed by atoms with Crippen LogP contribution in [-0.4, -0.2) is 26.2 Å². The van der Waals surface area contributed by atoms with Gasteiger partial charge in [-0.2, -0.15) is 10.4 Å². The molecule has 0 fully saturated rings. The highest BCUT2D eigenvalue weighted by Crippen LogP contribution is 2.33. The highest BCUT2D eigenvalue weighted by Gasteiger charge is 2.30. The van der Waals surface area contributed by atoms with Crippen molar-refractivity contribution in [2.24, 2.45) is 5.41 Å². The summed E-state index contributed by atoms with van der Waals surface area (Å²) in [6, 6.07) is 15.2. The Morgan fingerprint density at radius 1 is 1.13 bits per heavy atom. The lowest BCUT2D eigenvalue weighted by Gasteiger charge is -2.23. The van der Waals surface area contributed by atoms with E-state index in [1.807, 2.05) is 36.4 Å². The number of rotatable bonds is 5. The molecule has 3 heterocycles. The van der Waals surface area contributed by atoms with E-state index >= 15 is 0 Å². The summed E-state index contributed by atoms with van der Waals surface area (Å²) in [5.74, 6) is 0. The number of hydrogen-bond acceptors (Lipinski definition) is 4. The number of fused-ring (bicyclic) bond motifs is 1. The van der Waals surface area contributed by atoms with Crippen molar-refractivity contribution < 1.29 is 8.78 Å². The fourth-order valence-electron chi connectivity index (χ4n) is 3.26. The maximum Gasteiger partial charge on any atom is 0.245 e. The summed E-state index contributed by atoms with van der Waals surface area (Å²) >= 11 is 0. The molecule has 0 saturated carbocycles. The van der Waals surface area contributed by atoms with Crippen molar-refractivity contribution >= 4 is 10.9 Å². The van der Waals surface area contributed by atoms with E-state index in [0.29, 0.717) is 11.4 Å². The highest BCUT2D eigenvalue weighted by molar-refractivity contribution is 5.87. The van der Waals surface area contributed by atoms with Crippen molar-refractivity contribution in [3.05, 3.63) is 66.7 Å². The van der Waals surface area contributed by atoms with E-state index < -0.39 is 11.8 Å². The van der Waals surface area contributed by atoms with Crippen molar-refractivity contribution in [2.45, 2.75) is 26.8 Å². The van der Waals surface area contributed by atoms with Gasteiger partial charge in [-0.25, -0.2) is 13.8 Å². The van der Waals surface area contributed by atoms with E-state index in [9.17, 15) is 14.0 Å². The molecule has 0 aliphatic rings. The van der Waals surface area contributed by atoms with Gasteiger partial charge in [0.25, 0.3) is 0 Å². The van der Waals surface area contributed by atoms with Crippen LogP contribution >= 0.6 is 0 Å². The SMILES string of the molecule is CC(C)(Cn1cc(-c2ccc(C#N)nc2-c2ccc3cccnc3c2)cn1)C(F)F. The minimum Gasteiger partial charge on any atom is -0.271 e. The number of nitriles is 1. The minimum atomic E-state index is -2.46. The number of hydrogen-bond donors (Lipinski definition) is 0. The fraction of sp³-hybridized carbons (Fsp3) is 0.217. The lowest BCUT2D eigenvalue weighted by molar-refractivity contribution is 0.00608. The molecule has 0 N–H and O–H groups in total. The van der Waals surface area contributed by atoms with Gasteiger partial charge in [0.2, 0.25) is 6.43 Å². The Morgan fingerprint density at radius 2 is 1.97 bits per heavy atom. The van der Waals surface area contributed by atoms with Crippen molar-refractivity contribution in [1.29, 1.82) is 5.26 Å². The van der Waals surface area contributed by atoms with Crippen LogP contribution in [0.5, 0.6) is 0 Å². The number of aromatic nitrogens is 4. The van der Waals surface area contributed by atoms with E-state index in [1.165, 1.54) is 18.5 Å². The molecule has 4 aromatic rings. The van der Waals surface area contributed by atoms with Gasteiger partial charge in [-0.1, -0.05) is 32.0 Å². The molecule has 0 amide bonds. The third kappa shape index (κ3) is 3.77. The molecular formula is C23H19F2N5. The first-order chi connectivity index (χ1) is 14.4. The Labute approximate surface area is 172 Å². The number of pyridine rings is 2. The molecule has 3 aromatic heterocycles. The molecule has 150 valence electrons. The second-order valence-electron chi connectivity index (χ2n) is 7.83. The lowest BCUT2D eigenvalue weighted by atomic mass is 9.94. The Balaban J connectivity index is 1.79. The Kier molecular flexibility index (Phi) is 5.00. The molecule has 0 spiro atoms. The smallest absolute Gasteiger partial charge is 0.245 e. The zero-order chi connectivity index (χ0) is 21.3. The lowest BCUT2D eigenvalue weighted by Crippen LogP contribution is -2.27. The van der Waals surface area contributed by atoms with Gasteiger partial charge in [0, 0.05) is 39.9 Å². The van der Waals surface area contributed by atoms with Crippen LogP contribution in [0.4, 0.5) is 8.78 Å². The summed E-state index contributed by atoms with van der Waals surface area (Å²) < 4.78 is 28.0. The third-order valence-electron chi connectivity index (χ3n) is 4.99. The Morgan fingerprint density at radius 3 is 2.73 bits per heavy atom. The summed E-state index contributed by atoms with van der Waals surface area (Å²) in [4.78, 5) is 8.90. The molecule has 0 aliphatic heterocycles. The van der Waals surface area contributed by atoms with E-state index in [4.69, 9.17) is 0 Å². The van der Waals surface area contributed by atoms with Crippen LogP contribution in [0.3, 0.4) is 0 Å². The van der Waals surface area contributed by atoms with Crippen LogP contribution in [0.2, 0.25) is 0 Å². The summed E-state index contributed by atoms with van der Waals surface area (Å²) in [6.07, 6.45) is 2.63. The van der Waals surface area contributed by atoms with E-state index in [0.717, 1.165) is 27.6 Å². The van der Waals surface area contributed by atoms with Gasteiger partial charge in [-0.15, -0.1) is 0 Å². The maximum absolute atomic E-state index is 13.2. The van der Waals surface area contributed by atoms with Crippen LogP contribution in [0, 0.1) is 16.7 Å². The summed E-state index contributed by atoms with van der Waals surface area (Å²) in [5.41, 5.74) is 2.86. The van der Waals surface area contributed by atoms with E-state index in [2.05, 4.69) is 21.1 Å². The molecular weight excluding hydrogens is 384 g/mol. The first-order valence-electron chi connectivity index (χ1n) is 9.45. The normalized spacial score (nSPS) is 11.7. The van der Waals surface area contributed by atoms with Crippen molar-refractivity contribution in [3.63, 3.8) is 0 Å². The van der Waals surface area contributed by atoms with Crippen LogP contribution in [0.1, 0.15) is 19.5 Å². The number of alkyl halides is 2. The van der Waals surface area contributed by atoms with Gasteiger partial charge in [-0.05, 0) is 24.3 Å². The van der Waals surface area contributed by atoms with Gasteiger partial charge < -0.3 is 0 Å². The minimum absolute atomic E-state index is 0.0869. The van der Waals surface area contributed by atoms with Crippen LogP contribution < -0.4 is 0 Å². The molecule has 4 rings (SSSR count). The molecule has 0 atom stereocenters. The monoisotopic (exact) mass is 403 g/mol. The molecule has 30 heavy (non-hydrogen) atoms. The topological polar surface area (TPSA) is 67.4 Å². The van der Waals surface area contributed by atoms with Crippen LogP contribution in [0.25, 0.3) is 33.3 Å². The maximum atomic E-state index is 13.2. The third-order valence-corrected chi connectivity index (χ3v) is 4.99. The van der Waals surface area contributed by atoms with Gasteiger partial charge in [0.1, 0.15) is 11.8 Å². The molecule has 1 aromatic carbocycles. The van der Waals surface area contributed by atoms with Gasteiger partial charge in [0.15, 0.2) is 0 Å². The molecule has 5 nitrogen and oxygen atoms in total. The van der Waals surface area contributed by atoms with Crippen molar-refractivity contribution in [2.75, 3.05) is 0 Å². The molecule has 0 unspecified atom stereocenters. The first kappa shape index (κ1) is 19.6. The van der Waals surface area contributed by atoms with Crippen molar-refractivity contribution in [1.82, 2.24) is 19.7 Å². The average Bonchev–Trinajstić information content (AvgIpc) is 3.20. The number of nitrogens with zero attached hydrogens (tertiary/aromatic N) is 5.